The van der Waals surface area contributed by atoms with Gasteiger partial charge in [-0.3, -0.25) is 9.89 Å². The predicted molar refractivity (Wildman–Crippen MR) is 123 cm³/mol. The second kappa shape index (κ2) is 7.77. The van der Waals surface area contributed by atoms with E-state index < -0.39 is 17.2 Å². The van der Waals surface area contributed by atoms with Crippen molar-refractivity contribution < 1.29 is 18.7 Å². The lowest BCUT2D eigenvalue weighted by atomic mass is 9.84. The number of nitrogens with zero attached hydrogens (tertiary/aromatic N) is 2. The van der Waals surface area contributed by atoms with Crippen molar-refractivity contribution in [2.45, 2.75) is 37.7 Å². The SMILES string of the molecule is O=C(c1ccc2[nH]c3c(c2c1)CCCc1cn[nH]c1-3)N1CCC(O)(c2ccc(F)c(F)c2)CC1. The van der Waals surface area contributed by atoms with Crippen LogP contribution in [0.1, 0.15) is 46.3 Å². The summed E-state index contributed by atoms with van der Waals surface area (Å²) in [4.78, 5) is 18.5. The number of aliphatic hydroxyl groups is 1. The minimum Gasteiger partial charge on any atom is -0.385 e. The fraction of sp³-hybridized carbons (Fsp3) is 0.308. The summed E-state index contributed by atoms with van der Waals surface area (Å²) < 4.78 is 27.0. The number of aryl methyl sites for hydroxylation is 2. The molecule has 0 bridgehead atoms. The van der Waals surface area contributed by atoms with Crippen LogP contribution in [0.4, 0.5) is 8.78 Å². The van der Waals surface area contributed by atoms with E-state index in [0.717, 1.165) is 53.7 Å². The number of carbonyl (C=O) groups is 1. The summed E-state index contributed by atoms with van der Waals surface area (Å²) in [7, 11) is 0. The van der Waals surface area contributed by atoms with Crippen LogP contribution in [0.2, 0.25) is 0 Å². The van der Waals surface area contributed by atoms with Crippen molar-refractivity contribution in [3.63, 3.8) is 0 Å². The number of hydrogen-bond donors (Lipinski definition) is 3. The Morgan fingerprint density at radius 2 is 1.85 bits per heavy atom. The van der Waals surface area contributed by atoms with Crippen LogP contribution >= 0.6 is 0 Å². The van der Waals surface area contributed by atoms with Gasteiger partial charge in [-0.1, -0.05) is 6.07 Å². The van der Waals surface area contributed by atoms with Gasteiger partial charge in [-0.2, -0.15) is 5.10 Å². The van der Waals surface area contributed by atoms with Crippen molar-refractivity contribution in [1.82, 2.24) is 20.1 Å². The van der Waals surface area contributed by atoms with Gasteiger partial charge >= 0.3 is 0 Å². The lowest BCUT2D eigenvalue weighted by Crippen LogP contribution is -2.45. The third-order valence-electron chi connectivity index (χ3n) is 7.33. The zero-order chi connectivity index (χ0) is 23.4. The number of benzene rings is 2. The summed E-state index contributed by atoms with van der Waals surface area (Å²) in [6, 6.07) is 9.20. The summed E-state index contributed by atoms with van der Waals surface area (Å²) in [6.07, 6.45) is 5.29. The Morgan fingerprint density at radius 1 is 1.03 bits per heavy atom. The van der Waals surface area contributed by atoms with Gasteiger partial charge < -0.3 is 15.0 Å². The molecule has 0 spiro atoms. The average Bonchev–Trinajstić information content (AvgIpc) is 3.41. The van der Waals surface area contributed by atoms with Crippen LogP contribution in [0.3, 0.4) is 0 Å². The van der Waals surface area contributed by atoms with Crippen LogP contribution in [0.5, 0.6) is 0 Å². The van der Waals surface area contributed by atoms with E-state index in [9.17, 15) is 18.7 Å². The van der Waals surface area contributed by atoms with Crippen LogP contribution in [-0.4, -0.2) is 44.2 Å². The summed E-state index contributed by atoms with van der Waals surface area (Å²) in [5.41, 5.74) is 5.09. The third-order valence-corrected chi connectivity index (χ3v) is 7.33. The Hall–Kier alpha value is -3.52. The third kappa shape index (κ3) is 3.32. The Kier molecular flexibility index (Phi) is 4.81. The first-order valence-electron chi connectivity index (χ1n) is 11.6. The first-order valence-corrected chi connectivity index (χ1v) is 11.6. The maximum Gasteiger partial charge on any atom is 0.253 e. The van der Waals surface area contributed by atoms with Crippen molar-refractivity contribution >= 4 is 16.8 Å². The molecule has 3 N–H and O–H groups in total. The highest BCUT2D eigenvalue weighted by Crippen LogP contribution is 2.37. The molecule has 2 aromatic heterocycles. The van der Waals surface area contributed by atoms with E-state index in [0.29, 0.717) is 24.2 Å². The molecule has 6 nitrogen and oxygen atoms in total. The summed E-state index contributed by atoms with van der Waals surface area (Å²) >= 11 is 0. The first-order chi connectivity index (χ1) is 16.4. The Bertz CT molecular complexity index is 1420. The first kappa shape index (κ1) is 21.0. The number of nitrogens with one attached hydrogen (secondary N) is 2. The maximum atomic E-state index is 13.7. The van der Waals surface area contributed by atoms with Gasteiger partial charge in [0.25, 0.3) is 5.91 Å². The molecular weight excluding hydrogens is 438 g/mol. The minimum absolute atomic E-state index is 0.0972. The van der Waals surface area contributed by atoms with Crippen molar-refractivity contribution in [2.75, 3.05) is 13.1 Å². The molecule has 34 heavy (non-hydrogen) atoms. The number of fused-ring (bicyclic) bond motifs is 5. The molecule has 1 saturated heterocycles. The molecule has 1 amide bonds. The van der Waals surface area contributed by atoms with Crippen molar-refractivity contribution in [3.8, 4) is 11.4 Å². The van der Waals surface area contributed by atoms with Gasteiger partial charge in [0.05, 0.1) is 23.2 Å². The smallest absolute Gasteiger partial charge is 0.253 e. The fourth-order valence-corrected chi connectivity index (χ4v) is 5.36. The highest BCUT2D eigenvalue weighted by molar-refractivity contribution is 6.00. The molecule has 174 valence electrons. The quantitative estimate of drug-likeness (QED) is 0.412. The van der Waals surface area contributed by atoms with Gasteiger partial charge in [-0.15, -0.1) is 0 Å². The number of carbonyl (C=O) groups excluding carboxylic acids is 1. The van der Waals surface area contributed by atoms with E-state index in [1.165, 1.54) is 17.2 Å². The van der Waals surface area contributed by atoms with Crippen molar-refractivity contribution in [2.24, 2.45) is 0 Å². The van der Waals surface area contributed by atoms with E-state index in [2.05, 4.69) is 15.2 Å². The highest BCUT2D eigenvalue weighted by Gasteiger charge is 2.36. The second-order valence-electron chi connectivity index (χ2n) is 9.32. The topological polar surface area (TPSA) is 85.0 Å². The number of amides is 1. The van der Waals surface area contributed by atoms with E-state index >= 15 is 0 Å². The van der Waals surface area contributed by atoms with E-state index in [-0.39, 0.29) is 18.7 Å². The van der Waals surface area contributed by atoms with Gasteiger partial charge in [0.2, 0.25) is 0 Å². The number of rotatable bonds is 2. The highest BCUT2D eigenvalue weighted by atomic mass is 19.2. The molecule has 6 rings (SSSR count). The number of aromatic nitrogens is 3. The van der Waals surface area contributed by atoms with Crippen molar-refractivity contribution in [3.05, 3.63) is 76.5 Å². The second-order valence-corrected chi connectivity index (χ2v) is 9.32. The molecule has 1 aliphatic carbocycles. The van der Waals surface area contributed by atoms with E-state index in [1.54, 1.807) is 4.90 Å². The molecule has 1 fully saturated rings. The van der Waals surface area contributed by atoms with Gasteiger partial charge in [-0.05, 0) is 79.1 Å². The standard InChI is InChI=1S/C26H24F2N4O2/c27-20-6-5-17(13-21(20)28)26(34)8-10-32(11-9-26)25(33)15-4-7-22-19(12-15)18-3-1-2-16-14-29-31-23(16)24(18)30-22/h4-7,12-14,30,34H,1-3,8-11H2,(H,29,31). The lowest BCUT2D eigenvalue weighted by Gasteiger charge is -2.38. The molecule has 3 heterocycles. The van der Waals surface area contributed by atoms with Crippen LogP contribution in [0.15, 0.2) is 42.6 Å². The van der Waals surface area contributed by atoms with Gasteiger partial charge in [0, 0.05) is 29.6 Å². The van der Waals surface area contributed by atoms with Crippen molar-refractivity contribution in [1.29, 1.82) is 0 Å². The monoisotopic (exact) mass is 462 g/mol. The Balaban J connectivity index is 1.25. The molecule has 0 unspecified atom stereocenters. The van der Waals surface area contributed by atoms with Crippen LogP contribution in [-0.2, 0) is 18.4 Å². The molecule has 2 aromatic carbocycles. The molecule has 8 heteroatoms. The zero-order valence-corrected chi connectivity index (χ0v) is 18.5. The van der Waals surface area contributed by atoms with E-state index in [4.69, 9.17) is 0 Å². The van der Waals surface area contributed by atoms with Crippen LogP contribution in [0.25, 0.3) is 22.3 Å². The van der Waals surface area contributed by atoms with Gasteiger partial charge in [0.15, 0.2) is 11.6 Å². The number of likely N-dealkylation sites (tertiary alicyclic amines) is 1. The normalized spacial score (nSPS) is 17.3. The number of halogens is 2. The minimum atomic E-state index is -1.28. The maximum absolute atomic E-state index is 13.7. The van der Waals surface area contributed by atoms with E-state index in [1.807, 2.05) is 24.4 Å². The number of hydrogen-bond acceptors (Lipinski definition) is 3. The number of aromatic amines is 2. The molecule has 0 atom stereocenters. The fourth-order valence-electron chi connectivity index (χ4n) is 5.36. The summed E-state index contributed by atoms with van der Waals surface area (Å²) in [6.45, 7) is 0.657. The zero-order valence-electron chi connectivity index (χ0n) is 18.5. The Labute approximate surface area is 194 Å². The largest absolute Gasteiger partial charge is 0.385 e. The molecule has 4 aromatic rings. The van der Waals surface area contributed by atoms with Crippen LogP contribution in [0, 0.1) is 11.6 Å². The number of H-pyrrole nitrogens is 2. The number of piperidine rings is 1. The van der Waals surface area contributed by atoms with Crippen LogP contribution < -0.4 is 0 Å². The molecule has 2 aliphatic rings. The molecule has 1 aliphatic heterocycles. The summed E-state index contributed by atoms with van der Waals surface area (Å²) in [5.74, 6) is -2.02. The average molecular weight is 463 g/mol. The predicted octanol–water partition coefficient (Wildman–Crippen LogP) is 4.45. The lowest BCUT2D eigenvalue weighted by molar-refractivity contribution is -0.0214. The summed E-state index contributed by atoms with van der Waals surface area (Å²) in [5, 5.41) is 19.4. The molecule has 0 saturated carbocycles. The molecular formula is C26H24F2N4O2. The Morgan fingerprint density at radius 3 is 2.65 bits per heavy atom. The molecule has 0 radical (unpaired) electrons. The van der Waals surface area contributed by atoms with Gasteiger partial charge in [-0.25, -0.2) is 8.78 Å². The van der Waals surface area contributed by atoms with Gasteiger partial charge in [0.1, 0.15) is 0 Å².